The second-order valence-electron chi connectivity index (χ2n) is 7.47. The van der Waals surface area contributed by atoms with Gasteiger partial charge in [-0.05, 0) is 44.4 Å². The molecule has 1 aliphatic carbocycles. The number of aromatic nitrogens is 1. The van der Waals surface area contributed by atoms with Gasteiger partial charge in [0.05, 0.1) is 23.3 Å². The second kappa shape index (κ2) is 6.42. The zero-order valence-corrected chi connectivity index (χ0v) is 16.2. The van der Waals surface area contributed by atoms with Crippen molar-refractivity contribution in [3.63, 3.8) is 0 Å². The highest BCUT2D eigenvalue weighted by atomic mass is 32.2. The van der Waals surface area contributed by atoms with Crippen LogP contribution in [0.4, 0.5) is 0 Å². The summed E-state index contributed by atoms with van der Waals surface area (Å²) in [6.45, 7) is 3.71. The summed E-state index contributed by atoms with van der Waals surface area (Å²) in [5.41, 5.74) is 1.19. The van der Waals surface area contributed by atoms with Crippen LogP contribution < -0.4 is 4.72 Å². The Balaban J connectivity index is 1.69. The van der Waals surface area contributed by atoms with Crippen LogP contribution in [0.2, 0.25) is 0 Å². The van der Waals surface area contributed by atoms with E-state index >= 15 is 0 Å². The summed E-state index contributed by atoms with van der Waals surface area (Å²) in [5.74, 6) is -0.664. The highest BCUT2D eigenvalue weighted by molar-refractivity contribution is 7.89. The lowest BCUT2D eigenvalue weighted by molar-refractivity contribution is -0.144. The molecule has 1 atom stereocenters. The molecule has 1 aliphatic heterocycles. The molecule has 4 rings (SSSR count). The van der Waals surface area contributed by atoms with Crippen molar-refractivity contribution in [1.82, 2.24) is 14.9 Å². The number of carbonyl (C=O) groups is 1. The molecule has 1 aromatic carbocycles. The summed E-state index contributed by atoms with van der Waals surface area (Å²) in [6.07, 6.45) is 3.09. The Labute approximate surface area is 162 Å². The Kier molecular flexibility index (Phi) is 4.27. The summed E-state index contributed by atoms with van der Waals surface area (Å²) in [7, 11) is -3.75. The van der Waals surface area contributed by atoms with Crippen LogP contribution in [0.3, 0.4) is 0 Å². The van der Waals surface area contributed by atoms with Gasteiger partial charge in [-0.3, -0.25) is 5.01 Å². The number of carboxylic acid groups (broad SMARTS) is 1. The average Bonchev–Trinajstić information content (AvgIpc) is 3.19. The van der Waals surface area contributed by atoms with Crippen LogP contribution in [0.15, 0.2) is 38.8 Å². The lowest BCUT2D eigenvalue weighted by Crippen LogP contribution is -2.35. The molecule has 0 radical (unpaired) electrons. The number of hydrazone groups is 1. The van der Waals surface area contributed by atoms with Crippen LogP contribution in [-0.2, 0) is 21.4 Å². The van der Waals surface area contributed by atoms with E-state index in [-0.39, 0.29) is 11.4 Å². The minimum absolute atomic E-state index is 0.0383. The molecule has 10 heteroatoms. The maximum absolute atomic E-state index is 12.7. The molecule has 9 nitrogen and oxygen atoms in total. The fourth-order valence-electron chi connectivity index (χ4n) is 3.15. The molecule has 28 heavy (non-hydrogen) atoms. The molecule has 0 saturated heterocycles. The molecule has 2 aromatic rings. The van der Waals surface area contributed by atoms with E-state index in [1.807, 2.05) is 6.92 Å². The molecule has 0 spiro atoms. The molecule has 1 unspecified atom stereocenters. The second-order valence-corrected chi connectivity index (χ2v) is 9.16. The summed E-state index contributed by atoms with van der Waals surface area (Å²) < 4.78 is 33.2. The van der Waals surface area contributed by atoms with Crippen LogP contribution in [0.25, 0.3) is 0 Å². The molecule has 1 aromatic heterocycles. The van der Waals surface area contributed by atoms with Crippen molar-refractivity contribution in [3.05, 3.63) is 46.8 Å². The minimum Gasteiger partial charge on any atom is -0.479 e. The van der Waals surface area contributed by atoms with Gasteiger partial charge in [0.2, 0.25) is 10.0 Å². The number of fused-ring (bicyclic) bond motifs is 1. The van der Waals surface area contributed by atoms with E-state index in [9.17, 15) is 18.3 Å². The zero-order chi connectivity index (χ0) is 20.1. The standard InChI is InChI=1S/C18H20N4O5S/c1-11-7-13(27-20-11)10-22-16(17(23)24)15-8-14(4-3-12(15)9-19-22)28(25,26)21-18(2)5-6-18/h3-4,7-9,16,21H,5-6,10H2,1-2H3,(H,23,24). The predicted molar refractivity (Wildman–Crippen MR) is 99.2 cm³/mol. The highest BCUT2D eigenvalue weighted by Crippen LogP contribution is 2.37. The Bertz CT molecular complexity index is 1070. The van der Waals surface area contributed by atoms with E-state index < -0.39 is 27.6 Å². The lowest BCUT2D eigenvalue weighted by Gasteiger charge is -2.30. The van der Waals surface area contributed by atoms with Crippen LogP contribution in [0.5, 0.6) is 0 Å². The number of aryl methyl sites for hydroxylation is 1. The van der Waals surface area contributed by atoms with Crippen LogP contribution in [0, 0.1) is 6.92 Å². The van der Waals surface area contributed by atoms with E-state index in [0.29, 0.717) is 22.6 Å². The van der Waals surface area contributed by atoms with Crippen molar-refractivity contribution in [2.75, 3.05) is 0 Å². The smallest absolute Gasteiger partial charge is 0.332 e. The number of aliphatic carboxylic acids is 1. The number of carboxylic acids is 1. The number of nitrogens with one attached hydrogen (secondary N) is 1. The third-order valence-corrected chi connectivity index (χ3v) is 6.55. The summed E-state index contributed by atoms with van der Waals surface area (Å²) in [4.78, 5) is 12.0. The van der Waals surface area contributed by atoms with E-state index in [1.54, 1.807) is 19.1 Å². The van der Waals surface area contributed by atoms with Gasteiger partial charge < -0.3 is 9.63 Å². The molecule has 148 valence electrons. The average molecular weight is 404 g/mol. The number of nitrogens with zero attached hydrogens (tertiary/aromatic N) is 3. The first-order valence-corrected chi connectivity index (χ1v) is 10.3. The quantitative estimate of drug-likeness (QED) is 0.752. The van der Waals surface area contributed by atoms with E-state index in [0.717, 1.165) is 12.8 Å². The Morgan fingerprint density at radius 3 is 2.75 bits per heavy atom. The van der Waals surface area contributed by atoms with Gasteiger partial charge in [-0.25, -0.2) is 17.9 Å². The fraction of sp³-hybridized carbons (Fsp3) is 0.389. The number of benzene rings is 1. The van der Waals surface area contributed by atoms with Crippen molar-refractivity contribution in [2.24, 2.45) is 5.10 Å². The topological polar surface area (TPSA) is 125 Å². The van der Waals surface area contributed by atoms with Crippen molar-refractivity contribution in [3.8, 4) is 0 Å². The van der Waals surface area contributed by atoms with Gasteiger partial charge in [0.25, 0.3) is 0 Å². The van der Waals surface area contributed by atoms with Crippen LogP contribution >= 0.6 is 0 Å². The molecule has 0 amide bonds. The Hall–Kier alpha value is -2.72. The molecular formula is C18H20N4O5S. The Morgan fingerprint density at radius 1 is 1.39 bits per heavy atom. The van der Waals surface area contributed by atoms with Crippen molar-refractivity contribution < 1.29 is 22.8 Å². The summed E-state index contributed by atoms with van der Waals surface area (Å²) in [6, 6.07) is 5.01. The van der Waals surface area contributed by atoms with Gasteiger partial charge in [-0.15, -0.1) is 0 Å². The van der Waals surface area contributed by atoms with Gasteiger partial charge in [-0.1, -0.05) is 11.2 Å². The van der Waals surface area contributed by atoms with Gasteiger partial charge in [-0.2, -0.15) is 5.10 Å². The zero-order valence-electron chi connectivity index (χ0n) is 15.4. The van der Waals surface area contributed by atoms with E-state index in [2.05, 4.69) is 15.0 Å². The maximum Gasteiger partial charge on any atom is 0.332 e. The first-order valence-electron chi connectivity index (χ1n) is 8.80. The fourth-order valence-corrected chi connectivity index (χ4v) is 4.65. The molecule has 1 fully saturated rings. The molecule has 2 heterocycles. The highest BCUT2D eigenvalue weighted by Gasteiger charge is 2.41. The minimum atomic E-state index is -3.75. The van der Waals surface area contributed by atoms with Crippen molar-refractivity contribution in [1.29, 1.82) is 0 Å². The normalized spacial score (nSPS) is 20.1. The maximum atomic E-state index is 12.7. The largest absolute Gasteiger partial charge is 0.479 e. The number of hydrogen-bond donors (Lipinski definition) is 2. The summed E-state index contributed by atoms with van der Waals surface area (Å²) >= 11 is 0. The molecule has 1 saturated carbocycles. The first-order chi connectivity index (χ1) is 13.2. The number of hydrogen-bond acceptors (Lipinski definition) is 7. The number of sulfonamides is 1. The number of rotatable bonds is 6. The SMILES string of the molecule is Cc1cc(CN2N=Cc3ccc(S(=O)(=O)NC4(C)CC4)cc3C2C(=O)O)on1. The monoisotopic (exact) mass is 404 g/mol. The van der Waals surface area contributed by atoms with Gasteiger partial charge in [0.1, 0.15) is 0 Å². The van der Waals surface area contributed by atoms with E-state index in [1.165, 1.54) is 23.4 Å². The van der Waals surface area contributed by atoms with Crippen LogP contribution in [0.1, 0.15) is 48.4 Å². The third kappa shape index (κ3) is 3.52. The molecule has 0 bridgehead atoms. The van der Waals surface area contributed by atoms with Gasteiger partial charge >= 0.3 is 5.97 Å². The van der Waals surface area contributed by atoms with E-state index in [4.69, 9.17) is 4.52 Å². The lowest BCUT2D eigenvalue weighted by atomic mass is 9.99. The molecule has 2 N–H and O–H groups in total. The molecule has 2 aliphatic rings. The summed E-state index contributed by atoms with van der Waals surface area (Å²) in [5, 5.41) is 19.2. The van der Waals surface area contributed by atoms with Crippen LogP contribution in [-0.4, -0.2) is 41.4 Å². The first kappa shape index (κ1) is 18.6. The third-order valence-electron chi connectivity index (χ3n) is 4.92. The predicted octanol–water partition coefficient (Wildman–Crippen LogP) is 1.79. The van der Waals surface area contributed by atoms with Crippen molar-refractivity contribution in [2.45, 2.75) is 49.7 Å². The van der Waals surface area contributed by atoms with Gasteiger partial charge in [0, 0.05) is 17.2 Å². The Morgan fingerprint density at radius 2 is 2.14 bits per heavy atom. The van der Waals surface area contributed by atoms with Gasteiger partial charge in [0.15, 0.2) is 11.8 Å². The molecular weight excluding hydrogens is 384 g/mol. The van der Waals surface area contributed by atoms with Crippen molar-refractivity contribution >= 4 is 22.2 Å².